The fraction of sp³-hybridized carbons (Fsp3) is 0.500. The number of anilines is 1. The summed E-state index contributed by atoms with van der Waals surface area (Å²) in [5.74, 6) is 1.77. The van der Waals surface area contributed by atoms with Gasteiger partial charge in [-0.25, -0.2) is 23.5 Å². The topological polar surface area (TPSA) is 101 Å². The predicted molar refractivity (Wildman–Crippen MR) is 133 cm³/mol. The Labute approximate surface area is 199 Å². The molecule has 0 amide bonds. The fourth-order valence-corrected chi connectivity index (χ4v) is 6.72. The third-order valence-corrected chi connectivity index (χ3v) is 8.85. The Morgan fingerprint density at radius 3 is 2.52 bits per heavy atom. The molecule has 1 saturated heterocycles. The van der Waals surface area contributed by atoms with Gasteiger partial charge in [-0.05, 0) is 81.8 Å². The first-order valence-corrected chi connectivity index (χ1v) is 14.2. The third-order valence-electron chi connectivity index (χ3n) is 6.74. The van der Waals surface area contributed by atoms with Gasteiger partial charge in [-0.2, -0.15) is 0 Å². The van der Waals surface area contributed by atoms with E-state index in [2.05, 4.69) is 17.1 Å². The maximum atomic E-state index is 11.6. The van der Waals surface area contributed by atoms with Crippen molar-refractivity contribution < 1.29 is 8.42 Å². The van der Waals surface area contributed by atoms with Crippen molar-refractivity contribution in [2.45, 2.75) is 69.4 Å². The number of aryl methyl sites for hydroxylation is 2. The van der Waals surface area contributed by atoms with Crippen LogP contribution in [0.15, 0.2) is 29.2 Å². The van der Waals surface area contributed by atoms with Gasteiger partial charge in [0.1, 0.15) is 16.5 Å². The van der Waals surface area contributed by atoms with Crippen molar-refractivity contribution >= 4 is 37.4 Å². The van der Waals surface area contributed by atoms with E-state index >= 15 is 0 Å². The van der Waals surface area contributed by atoms with Crippen molar-refractivity contribution in [2.75, 3.05) is 18.4 Å². The van der Waals surface area contributed by atoms with E-state index in [-0.39, 0.29) is 10.9 Å². The number of thiophene rings is 1. The lowest BCUT2D eigenvalue weighted by atomic mass is 9.97. The van der Waals surface area contributed by atoms with E-state index < -0.39 is 10.0 Å². The van der Waals surface area contributed by atoms with E-state index in [9.17, 15) is 8.42 Å². The number of nitrogens with zero attached hydrogens (tertiary/aromatic N) is 3. The lowest BCUT2D eigenvalue weighted by Crippen LogP contribution is -2.30. The highest BCUT2D eigenvalue weighted by Gasteiger charge is 2.23. The van der Waals surface area contributed by atoms with Crippen LogP contribution in [0.2, 0.25) is 0 Å². The summed E-state index contributed by atoms with van der Waals surface area (Å²) in [6.07, 6.45) is 8.45. The summed E-state index contributed by atoms with van der Waals surface area (Å²) < 4.78 is 23.2. The van der Waals surface area contributed by atoms with E-state index in [1.165, 1.54) is 47.9 Å². The normalized spacial score (nSPS) is 18.2. The van der Waals surface area contributed by atoms with Crippen molar-refractivity contribution in [3.8, 4) is 0 Å². The van der Waals surface area contributed by atoms with Gasteiger partial charge in [0.15, 0.2) is 0 Å². The summed E-state index contributed by atoms with van der Waals surface area (Å²) >= 11 is 1.83. The van der Waals surface area contributed by atoms with Crippen LogP contribution < -0.4 is 10.5 Å². The number of fused-ring (bicyclic) bond motifs is 3. The zero-order valence-electron chi connectivity index (χ0n) is 19.0. The Bertz CT molecular complexity index is 1250. The molecule has 3 aromatic rings. The molecule has 176 valence electrons. The van der Waals surface area contributed by atoms with Crippen molar-refractivity contribution in [1.82, 2.24) is 14.9 Å². The second kappa shape index (κ2) is 9.29. The van der Waals surface area contributed by atoms with Crippen molar-refractivity contribution in [1.29, 1.82) is 0 Å². The smallest absolute Gasteiger partial charge is 0.238 e. The number of piperidine rings is 1. The Hall–Kier alpha value is -2.07. The molecule has 3 heterocycles. The molecule has 0 radical (unpaired) electrons. The molecule has 0 saturated carbocycles. The zero-order chi connectivity index (χ0) is 23.0. The minimum absolute atomic E-state index is 0.0420. The second-order valence-electron chi connectivity index (χ2n) is 9.20. The molecular weight excluding hydrogens is 454 g/mol. The van der Waals surface area contributed by atoms with E-state index in [0.29, 0.717) is 0 Å². The highest BCUT2D eigenvalue weighted by molar-refractivity contribution is 7.89. The molecule has 2 aromatic heterocycles. The molecule has 1 aromatic carbocycles. The van der Waals surface area contributed by atoms with Crippen LogP contribution in [0.4, 0.5) is 5.82 Å². The number of nitrogens with one attached hydrogen (secondary N) is 1. The molecule has 33 heavy (non-hydrogen) atoms. The van der Waals surface area contributed by atoms with Gasteiger partial charge in [-0.3, -0.25) is 4.90 Å². The average Bonchev–Trinajstić information content (AvgIpc) is 3.18. The van der Waals surface area contributed by atoms with E-state index in [1.807, 2.05) is 23.5 Å². The number of rotatable bonds is 6. The minimum Gasteiger partial charge on any atom is -0.363 e. The average molecular weight is 486 g/mol. The SMILES string of the molecule is CC(Nc1nc(CN2CCCCC2)nc2sc3c(c12)CCCC3)c1ccc(S(N)(=O)=O)cc1. The number of sulfonamides is 1. The molecule has 1 unspecified atom stereocenters. The summed E-state index contributed by atoms with van der Waals surface area (Å²) in [6, 6.07) is 6.71. The largest absolute Gasteiger partial charge is 0.363 e. The van der Waals surface area contributed by atoms with Gasteiger partial charge in [0.05, 0.1) is 16.8 Å². The third kappa shape index (κ3) is 4.91. The molecule has 1 atom stereocenters. The predicted octanol–water partition coefficient (Wildman–Crippen LogP) is 4.38. The number of primary sulfonamides is 1. The minimum atomic E-state index is -3.70. The van der Waals surface area contributed by atoms with Crippen LogP contribution in [0.3, 0.4) is 0 Å². The van der Waals surface area contributed by atoms with Gasteiger partial charge in [0.2, 0.25) is 10.0 Å². The molecule has 1 aliphatic heterocycles. The Morgan fingerprint density at radius 1 is 1.06 bits per heavy atom. The summed E-state index contributed by atoms with van der Waals surface area (Å²) in [4.78, 5) is 15.1. The molecule has 0 bridgehead atoms. The Kier molecular flexibility index (Phi) is 6.39. The highest BCUT2D eigenvalue weighted by Crippen LogP contribution is 2.39. The lowest BCUT2D eigenvalue weighted by molar-refractivity contribution is 0.216. The number of nitrogens with two attached hydrogens (primary N) is 1. The molecular formula is C24H31N5O2S2. The summed E-state index contributed by atoms with van der Waals surface area (Å²) in [6.45, 7) is 5.07. The molecule has 2 aliphatic rings. The Morgan fingerprint density at radius 2 is 1.79 bits per heavy atom. The highest BCUT2D eigenvalue weighted by atomic mass is 32.2. The first-order valence-electron chi connectivity index (χ1n) is 11.8. The fourth-order valence-electron chi connectivity index (χ4n) is 4.93. The van der Waals surface area contributed by atoms with Crippen molar-refractivity contribution in [2.24, 2.45) is 5.14 Å². The summed E-state index contributed by atoms with van der Waals surface area (Å²) in [5, 5.41) is 10.1. The van der Waals surface area contributed by atoms with Crippen LogP contribution in [0.1, 0.15) is 66.9 Å². The summed E-state index contributed by atoms with van der Waals surface area (Å²) in [5.41, 5.74) is 2.39. The van der Waals surface area contributed by atoms with Crippen molar-refractivity contribution in [3.05, 3.63) is 46.1 Å². The number of benzene rings is 1. The Balaban J connectivity index is 1.48. The van der Waals surface area contributed by atoms with Crippen LogP contribution >= 0.6 is 11.3 Å². The molecule has 1 fully saturated rings. The van der Waals surface area contributed by atoms with E-state index in [1.54, 1.807) is 12.1 Å². The first-order chi connectivity index (χ1) is 15.9. The van der Waals surface area contributed by atoms with Crippen LogP contribution in [0.25, 0.3) is 10.2 Å². The monoisotopic (exact) mass is 485 g/mol. The number of hydrogen-bond donors (Lipinski definition) is 2. The number of hydrogen-bond acceptors (Lipinski definition) is 7. The van der Waals surface area contributed by atoms with Crippen LogP contribution in [-0.2, 0) is 29.4 Å². The van der Waals surface area contributed by atoms with E-state index in [0.717, 1.165) is 54.5 Å². The molecule has 0 spiro atoms. The van der Waals surface area contributed by atoms with Gasteiger partial charge in [-0.15, -0.1) is 11.3 Å². The van der Waals surface area contributed by atoms with Gasteiger partial charge in [0, 0.05) is 10.9 Å². The second-order valence-corrected chi connectivity index (χ2v) is 11.8. The van der Waals surface area contributed by atoms with Gasteiger partial charge in [0.25, 0.3) is 0 Å². The van der Waals surface area contributed by atoms with Crippen molar-refractivity contribution in [3.63, 3.8) is 0 Å². The molecule has 7 nitrogen and oxygen atoms in total. The first kappa shape index (κ1) is 22.7. The van der Waals surface area contributed by atoms with Crippen LogP contribution in [0, 0.1) is 0 Å². The number of aromatic nitrogens is 2. The standard InChI is InChI=1S/C24H31N5O2S2/c1-16(17-9-11-18(12-10-17)33(25,30)31)26-23-22-19-7-3-4-8-20(19)32-24(22)28-21(27-23)15-29-13-5-2-6-14-29/h9-12,16H,2-8,13-15H2,1H3,(H2,25,30,31)(H,26,27,28). The number of likely N-dealkylation sites (tertiary alicyclic amines) is 1. The lowest BCUT2D eigenvalue weighted by Gasteiger charge is -2.26. The van der Waals surface area contributed by atoms with E-state index in [4.69, 9.17) is 15.1 Å². The van der Waals surface area contributed by atoms with Crippen LogP contribution in [-0.4, -0.2) is 36.4 Å². The maximum Gasteiger partial charge on any atom is 0.238 e. The maximum absolute atomic E-state index is 11.6. The van der Waals surface area contributed by atoms with Gasteiger partial charge >= 0.3 is 0 Å². The summed E-state index contributed by atoms with van der Waals surface area (Å²) in [7, 11) is -3.70. The van der Waals surface area contributed by atoms with Gasteiger partial charge in [-0.1, -0.05) is 18.6 Å². The van der Waals surface area contributed by atoms with Crippen LogP contribution in [0.5, 0.6) is 0 Å². The molecule has 3 N–H and O–H groups in total. The van der Waals surface area contributed by atoms with Gasteiger partial charge < -0.3 is 5.32 Å². The molecule has 9 heteroatoms. The molecule has 1 aliphatic carbocycles. The zero-order valence-corrected chi connectivity index (χ0v) is 20.6. The quantitative estimate of drug-likeness (QED) is 0.537. The molecule has 5 rings (SSSR count).